The normalized spacial score (nSPS) is 12.2. The van der Waals surface area contributed by atoms with Gasteiger partial charge in [-0.05, 0) is 57.3 Å². The largest absolute Gasteiger partial charge is 0.448 e. The van der Waals surface area contributed by atoms with Crippen LogP contribution in [0.5, 0.6) is 11.5 Å². The van der Waals surface area contributed by atoms with Crippen LogP contribution in [0.15, 0.2) is 12.1 Å². The highest BCUT2D eigenvalue weighted by Crippen LogP contribution is 2.49. The minimum absolute atomic E-state index is 1.04. The van der Waals surface area contributed by atoms with Crippen LogP contribution in [0.3, 0.4) is 0 Å². The van der Waals surface area contributed by atoms with Gasteiger partial charge in [-0.2, -0.15) is 0 Å². The Kier molecular flexibility index (Phi) is 1.37. The van der Waals surface area contributed by atoms with E-state index in [-0.39, 0.29) is 0 Å². The third-order valence-corrected chi connectivity index (χ3v) is 4.19. The number of benzene rings is 1. The first-order chi connectivity index (χ1) is 4.29. The van der Waals surface area contributed by atoms with Crippen molar-refractivity contribution in [2.75, 3.05) is 0 Å². The van der Waals surface area contributed by atoms with E-state index in [1.54, 1.807) is 0 Å². The molecule has 0 unspecified atom stereocenters. The average molecular weight is 344 g/mol. The van der Waals surface area contributed by atoms with Crippen molar-refractivity contribution in [1.82, 2.24) is 0 Å². The summed E-state index contributed by atoms with van der Waals surface area (Å²) in [6.07, 6.45) is 0. The van der Waals surface area contributed by atoms with Crippen LogP contribution in [-0.2, 0) is 0 Å². The summed E-state index contributed by atoms with van der Waals surface area (Å²) in [6, 6.07) is 4.06. The molecule has 9 heavy (non-hydrogen) atoms. The standard InChI is InChI=1S/C6H2I2O/c7-3-1-2-4-6(9-4)5(3)8/h1-2H. The summed E-state index contributed by atoms with van der Waals surface area (Å²) in [4.78, 5) is 0. The second kappa shape index (κ2) is 1.98. The van der Waals surface area contributed by atoms with Crippen molar-refractivity contribution in [3.05, 3.63) is 19.3 Å². The Morgan fingerprint density at radius 3 is 2.67 bits per heavy atom. The maximum atomic E-state index is 5.14. The summed E-state index contributed by atoms with van der Waals surface area (Å²) < 4.78 is 7.65. The fourth-order valence-corrected chi connectivity index (χ4v) is 1.66. The van der Waals surface area contributed by atoms with Crippen LogP contribution >= 0.6 is 45.2 Å². The maximum absolute atomic E-state index is 5.14. The van der Waals surface area contributed by atoms with Crippen LogP contribution < -0.4 is 4.74 Å². The molecule has 1 aliphatic heterocycles. The SMILES string of the molecule is Ic1ccc2c(c1I)O2. The molecule has 0 radical (unpaired) electrons. The third kappa shape index (κ3) is 0.938. The molecule has 0 aliphatic carbocycles. The van der Waals surface area contributed by atoms with E-state index in [2.05, 4.69) is 51.2 Å². The fraction of sp³-hybridized carbons (Fsp3) is 0. The molecular weight excluding hydrogens is 342 g/mol. The van der Waals surface area contributed by atoms with Gasteiger partial charge in [0.2, 0.25) is 0 Å². The van der Waals surface area contributed by atoms with E-state index >= 15 is 0 Å². The molecule has 46 valence electrons. The summed E-state index contributed by atoms with van der Waals surface area (Å²) in [7, 11) is 0. The van der Waals surface area contributed by atoms with E-state index in [4.69, 9.17) is 4.74 Å². The lowest BCUT2D eigenvalue weighted by Gasteiger charge is -1.85. The quantitative estimate of drug-likeness (QED) is 0.529. The molecule has 0 spiro atoms. The Hall–Kier alpha value is 0.480. The van der Waals surface area contributed by atoms with E-state index in [1.807, 2.05) is 6.07 Å². The molecule has 0 saturated carbocycles. The monoisotopic (exact) mass is 344 g/mol. The Bertz CT molecular complexity index is 266. The predicted octanol–water partition coefficient (Wildman–Crippen LogP) is 3.00. The Morgan fingerprint density at radius 1 is 1.22 bits per heavy atom. The van der Waals surface area contributed by atoms with E-state index < -0.39 is 0 Å². The molecule has 2 rings (SSSR count). The minimum atomic E-state index is 1.04. The van der Waals surface area contributed by atoms with E-state index in [9.17, 15) is 0 Å². The van der Waals surface area contributed by atoms with Crippen molar-refractivity contribution in [3.63, 3.8) is 0 Å². The highest BCUT2D eigenvalue weighted by atomic mass is 127. The van der Waals surface area contributed by atoms with Gasteiger partial charge in [0.1, 0.15) is 0 Å². The smallest absolute Gasteiger partial charge is 0.184 e. The molecular formula is C6H2I2O. The molecule has 1 aromatic rings. The number of fused-ring (bicyclic) bond motifs is 1. The van der Waals surface area contributed by atoms with Crippen molar-refractivity contribution in [2.45, 2.75) is 0 Å². The van der Waals surface area contributed by atoms with Crippen molar-refractivity contribution in [3.8, 4) is 11.5 Å². The molecule has 0 fully saturated rings. The molecule has 0 atom stereocenters. The summed E-state index contributed by atoms with van der Waals surface area (Å²) in [5, 5.41) is 0. The molecule has 1 nitrogen and oxygen atoms in total. The highest BCUT2D eigenvalue weighted by molar-refractivity contribution is 14.1. The van der Waals surface area contributed by atoms with Crippen LogP contribution in [0.25, 0.3) is 0 Å². The highest BCUT2D eigenvalue weighted by Gasteiger charge is 2.24. The van der Waals surface area contributed by atoms with Crippen LogP contribution in [0, 0.1) is 7.14 Å². The molecule has 1 aromatic carbocycles. The van der Waals surface area contributed by atoms with Crippen LogP contribution in [0.1, 0.15) is 0 Å². The van der Waals surface area contributed by atoms with Gasteiger partial charge < -0.3 is 4.74 Å². The number of rotatable bonds is 0. The van der Waals surface area contributed by atoms with Gasteiger partial charge >= 0.3 is 0 Å². The van der Waals surface area contributed by atoms with Gasteiger partial charge in [-0.1, -0.05) is 0 Å². The fourth-order valence-electron chi connectivity index (χ4n) is 0.678. The van der Waals surface area contributed by atoms with Crippen molar-refractivity contribution >= 4 is 45.2 Å². The molecule has 1 heterocycles. The lowest BCUT2D eigenvalue weighted by Crippen LogP contribution is -1.68. The molecule has 1 aliphatic rings. The summed E-state index contributed by atoms with van der Waals surface area (Å²) in [5.41, 5.74) is 0. The van der Waals surface area contributed by atoms with Crippen molar-refractivity contribution < 1.29 is 4.74 Å². The van der Waals surface area contributed by atoms with Gasteiger partial charge in [-0.15, -0.1) is 0 Å². The second-order valence-electron chi connectivity index (χ2n) is 1.79. The van der Waals surface area contributed by atoms with Gasteiger partial charge in [0, 0.05) is 3.57 Å². The van der Waals surface area contributed by atoms with Crippen LogP contribution in [0.4, 0.5) is 0 Å². The van der Waals surface area contributed by atoms with Gasteiger partial charge in [-0.3, -0.25) is 0 Å². The molecule has 0 aromatic heterocycles. The molecule has 0 saturated heterocycles. The number of hydrogen-bond donors (Lipinski definition) is 0. The zero-order valence-corrected chi connectivity index (χ0v) is 8.63. The first kappa shape index (κ1) is 6.21. The second-order valence-corrected chi connectivity index (χ2v) is 4.03. The van der Waals surface area contributed by atoms with Gasteiger partial charge in [-0.25, -0.2) is 0 Å². The van der Waals surface area contributed by atoms with Crippen LogP contribution in [-0.4, -0.2) is 0 Å². The third-order valence-electron chi connectivity index (χ3n) is 1.18. The summed E-state index contributed by atoms with van der Waals surface area (Å²) >= 11 is 4.58. The first-order valence-corrected chi connectivity index (χ1v) is 4.60. The molecule has 0 bridgehead atoms. The van der Waals surface area contributed by atoms with Gasteiger partial charge in [0.15, 0.2) is 11.5 Å². The summed E-state index contributed by atoms with van der Waals surface area (Å²) in [6.45, 7) is 0. The Labute approximate surface area is 80.1 Å². The first-order valence-electron chi connectivity index (χ1n) is 2.45. The maximum Gasteiger partial charge on any atom is 0.184 e. The lowest BCUT2D eigenvalue weighted by atomic mass is 10.4. The summed E-state index contributed by atoms with van der Waals surface area (Å²) in [5.74, 6) is 2.11. The molecule has 0 amide bonds. The molecule has 0 N–H and O–H groups in total. The van der Waals surface area contributed by atoms with E-state index in [0.29, 0.717) is 0 Å². The zero-order chi connectivity index (χ0) is 6.43. The van der Waals surface area contributed by atoms with Gasteiger partial charge in [0.25, 0.3) is 0 Å². The Balaban J connectivity index is 2.70. The Morgan fingerprint density at radius 2 is 2.00 bits per heavy atom. The number of ether oxygens (including phenoxy) is 1. The topological polar surface area (TPSA) is 12.5 Å². The molecule has 3 heteroatoms. The van der Waals surface area contributed by atoms with E-state index in [1.165, 1.54) is 7.14 Å². The van der Waals surface area contributed by atoms with Crippen molar-refractivity contribution in [1.29, 1.82) is 0 Å². The number of hydrogen-bond acceptors (Lipinski definition) is 1. The lowest BCUT2D eigenvalue weighted by molar-refractivity contribution is 0.647. The minimum Gasteiger partial charge on any atom is -0.448 e. The zero-order valence-electron chi connectivity index (χ0n) is 4.32. The average Bonchev–Trinajstić information content (AvgIpc) is 2.58. The van der Waals surface area contributed by atoms with Crippen LogP contribution in [0.2, 0.25) is 0 Å². The van der Waals surface area contributed by atoms with Crippen molar-refractivity contribution in [2.24, 2.45) is 0 Å². The van der Waals surface area contributed by atoms with Gasteiger partial charge in [0.05, 0.1) is 3.57 Å². The number of halogens is 2. The van der Waals surface area contributed by atoms with E-state index in [0.717, 1.165) is 11.5 Å². The predicted molar refractivity (Wildman–Crippen MR) is 52.0 cm³/mol.